The number of anilines is 1. The van der Waals surface area contributed by atoms with Gasteiger partial charge in [-0.25, -0.2) is 14.5 Å². The fourth-order valence-corrected chi connectivity index (χ4v) is 4.80. The van der Waals surface area contributed by atoms with Gasteiger partial charge >= 0.3 is 0 Å². The molecule has 0 radical (unpaired) electrons. The number of thioether (sulfide) groups is 1. The SMILES string of the molecule is CSc1nc2nc(C)c(CC(=O)Nc3nc(CN4CCC(C)CC4)cs3)c(C)n2n1. The zero-order valence-corrected chi connectivity index (χ0v) is 19.4. The molecule has 160 valence electrons. The van der Waals surface area contributed by atoms with Crippen molar-refractivity contribution in [3.05, 3.63) is 28.0 Å². The largest absolute Gasteiger partial charge is 0.302 e. The van der Waals surface area contributed by atoms with Gasteiger partial charge in [-0.2, -0.15) is 4.98 Å². The number of piperidine rings is 1. The Bertz CT molecular complexity index is 1050. The highest BCUT2D eigenvalue weighted by Crippen LogP contribution is 2.22. The van der Waals surface area contributed by atoms with Crippen molar-refractivity contribution in [1.29, 1.82) is 0 Å². The molecule has 3 aromatic heterocycles. The van der Waals surface area contributed by atoms with E-state index in [1.54, 1.807) is 4.52 Å². The van der Waals surface area contributed by atoms with Crippen molar-refractivity contribution in [1.82, 2.24) is 29.5 Å². The molecule has 0 aliphatic carbocycles. The van der Waals surface area contributed by atoms with E-state index in [-0.39, 0.29) is 12.3 Å². The van der Waals surface area contributed by atoms with E-state index in [0.29, 0.717) is 16.1 Å². The molecule has 0 atom stereocenters. The molecule has 0 unspecified atom stereocenters. The maximum absolute atomic E-state index is 12.7. The van der Waals surface area contributed by atoms with Crippen LogP contribution in [0.1, 0.15) is 42.4 Å². The van der Waals surface area contributed by atoms with Crippen LogP contribution >= 0.6 is 23.1 Å². The second-order valence-corrected chi connectivity index (χ2v) is 9.53. The minimum absolute atomic E-state index is 0.0970. The number of amides is 1. The summed E-state index contributed by atoms with van der Waals surface area (Å²) in [4.78, 5) is 28.6. The number of nitrogens with zero attached hydrogens (tertiary/aromatic N) is 6. The van der Waals surface area contributed by atoms with Crippen molar-refractivity contribution in [3.8, 4) is 0 Å². The smallest absolute Gasteiger partial charge is 0.253 e. The highest BCUT2D eigenvalue weighted by Gasteiger charge is 2.19. The Hall–Kier alpha value is -2.04. The van der Waals surface area contributed by atoms with E-state index in [4.69, 9.17) is 0 Å². The van der Waals surface area contributed by atoms with E-state index in [9.17, 15) is 4.79 Å². The van der Waals surface area contributed by atoms with Gasteiger partial charge in [-0.1, -0.05) is 18.7 Å². The van der Waals surface area contributed by atoms with Gasteiger partial charge in [0.25, 0.3) is 5.78 Å². The first-order valence-electron chi connectivity index (χ1n) is 10.2. The van der Waals surface area contributed by atoms with E-state index in [0.717, 1.165) is 48.2 Å². The summed E-state index contributed by atoms with van der Waals surface area (Å²) in [6.45, 7) is 9.26. The van der Waals surface area contributed by atoms with Crippen molar-refractivity contribution >= 4 is 39.9 Å². The van der Waals surface area contributed by atoms with Gasteiger partial charge < -0.3 is 5.32 Å². The molecule has 1 amide bonds. The van der Waals surface area contributed by atoms with Crippen LogP contribution in [0.15, 0.2) is 10.5 Å². The molecule has 30 heavy (non-hydrogen) atoms. The maximum atomic E-state index is 12.7. The molecule has 4 heterocycles. The summed E-state index contributed by atoms with van der Waals surface area (Å²) in [5.41, 5.74) is 3.58. The number of carbonyl (C=O) groups excluding carboxylic acids is 1. The molecule has 0 saturated carbocycles. The molecule has 8 nitrogen and oxygen atoms in total. The van der Waals surface area contributed by atoms with E-state index in [1.165, 1.54) is 35.9 Å². The number of rotatable bonds is 6. The van der Waals surface area contributed by atoms with Crippen molar-refractivity contribution in [2.75, 3.05) is 24.7 Å². The molecule has 3 aromatic rings. The second-order valence-electron chi connectivity index (χ2n) is 7.90. The van der Waals surface area contributed by atoms with Gasteiger partial charge in [-0.05, 0) is 52.0 Å². The number of likely N-dealkylation sites (tertiary alicyclic amines) is 1. The quantitative estimate of drug-likeness (QED) is 0.582. The van der Waals surface area contributed by atoms with Crippen LogP contribution in [0.3, 0.4) is 0 Å². The third-order valence-electron chi connectivity index (χ3n) is 5.61. The Morgan fingerprint density at radius 2 is 2.03 bits per heavy atom. The summed E-state index contributed by atoms with van der Waals surface area (Å²) in [6.07, 6.45) is 4.65. The molecule has 0 bridgehead atoms. The van der Waals surface area contributed by atoms with Gasteiger partial charge in [-0.3, -0.25) is 9.69 Å². The van der Waals surface area contributed by atoms with Crippen molar-refractivity contribution < 1.29 is 4.79 Å². The Balaban J connectivity index is 1.41. The predicted molar refractivity (Wildman–Crippen MR) is 120 cm³/mol. The van der Waals surface area contributed by atoms with Crippen LogP contribution in [-0.2, 0) is 17.8 Å². The van der Waals surface area contributed by atoms with Crippen LogP contribution in [0.4, 0.5) is 5.13 Å². The summed E-state index contributed by atoms with van der Waals surface area (Å²) in [6, 6.07) is 0. The van der Waals surface area contributed by atoms with Gasteiger partial charge in [0, 0.05) is 28.9 Å². The third-order valence-corrected chi connectivity index (χ3v) is 6.95. The van der Waals surface area contributed by atoms with E-state index >= 15 is 0 Å². The number of carbonyl (C=O) groups is 1. The predicted octanol–water partition coefficient (Wildman–Crippen LogP) is 3.33. The number of aryl methyl sites for hydroxylation is 2. The normalized spacial score (nSPS) is 15.7. The van der Waals surface area contributed by atoms with Gasteiger partial charge in [0.2, 0.25) is 11.1 Å². The lowest BCUT2D eigenvalue weighted by Crippen LogP contribution is -2.32. The molecule has 10 heteroatoms. The van der Waals surface area contributed by atoms with Gasteiger partial charge in [-0.15, -0.1) is 16.4 Å². The lowest BCUT2D eigenvalue weighted by Gasteiger charge is -2.29. The molecular formula is C20H27N7OS2. The van der Waals surface area contributed by atoms with Crippen molar-refractivity contribution in [2.45, 2.75) is 51.7 Å². The number of nitrogens with one attached hydrogen (secondary N) is 1. The topological polar surface area (TPSA) is 88.3 Å². The Kier molecular flexibility index (Phi) is 6.35. The van der Waals surface area contributed by atoms with Crippen LogP contribution in [-0.4, -0.2) is 54.7 Å². The second kappa shape index (κ2) is 8.99. The molecule has 0 spiro atoms. The lowest BCUT2D eigenvalue weighted by molar-refractivity contribution is -0.115. The first kappa shape index (κ1) is 21.2. The molecule has 1 aliphatic heterocycles. The first-order valence-corrected chi connectivity index (χ1v) is 12.3. The van der Waals surface area contributed by atoms with Crippen LogP contribution in [0.5, 0.6) is 0 Å². The van der Waals surface area contributed by atoms with Crippen LogP contribution in [0.25, 0.3) is 5.78 Å². The van der Waals surface area contributed by atoms with Crippen LogP contribution in [0.2, 0.25) is 0 Å². The molecular weight excluding hydrogens is 418 g/mol. The molecule has 1 N–H and O–H groups in total. The van der Waals surface area contributed by atoms with E-state index in [1.807, 2.05) is 25.5 Å². The van der Waals surface area contributed by atoms with Crippen molar-refractivity contribution in [2.24, 2.45) is 5.92 Å². The zero-order valence-electron chi connectivity index (χ0n) is 17.8. The van der Waals surface area contributed by atoms with Gasteiger partial charge in [0.1, 0.15) is 0 Å². The average Bonchev–Trinajstić information content (AvgIpc) is 3.33. The summed E-state index contributed by atoms with van der Waals surface area (Å²) in [5, 5.41) is 10.8. The van der Waals surface area contributed by atoms with Crippen LogP contribution < -0.4 is 5.32 Å². The summed E-state index contributed by atoms with van der Waals surface area (Å²) < 4.78 is 1.71. The van der Waals surface area contributed by atoms with Gasteiger partial charge in [0.15, 0.2) is 5.13 Å². The minimum atomic E-state index is -0.0970. The third kappa shape index (κ3) is 4.65. The Morgan fingerprint density at radius 1 is 1.27 bits per heavy atom. The number of thiazole rings is 1. The highest BCUT2D eigenvalue weighted by atomic mass is 32.2. The standard InChI is InChI=1S/C20H27N7OS2/c1-12-5-7-26(8-6-12)10-15-11-30-19(22-15)23-17(28)9-16-13(2)21-18-24-20(29-4)25-27(18)14(16)3/h11-12H,5-10H2,1-4H3,(H,22,23,28). The lowest BCUT2D eigenvalue weighted by atomic mass is 9.99. The number of aromatic nitrogens is 5. The first-order chi connectivity index (χ1) is 14.4. The molecule has 1 saturated heterocycles. The monoisotopic (exact) mass is 445 g/mol. The number of fused-ring (bicyclic) bond motifs is 1. The molecule has 1 aliphatic rings. The highest BCUT2D eigenvalue weighted by molar-refractivity contribution is 7.98. The minimum Gasteiger partial charge on any atom is -0.302 e. The average molecular weight is 446 g/mol. The fraction of sp³-hybridized carbons (Fsp3) is 0.550. The molecule has 1 fully saturated rings. The van der Waals surface area contributed by atoms with Gasteiger partial charge in [0.05, 0.1) is 12.1 Å². The molecule has 0 aromatic carbocycles. The Labute approximate surface area is 184 Å². The molecule has 4 rings (SSSR count). The number of hydrogen-bond donors (Lipinski definition) is 1. The zero-order chi connectivity index (χ0) is 21.3. The van der Waals surface area contributed by atoms with Crippen molar-refractivity contribution in [3.63, 3.8) is 0 Å². The van der Waals surface area contributed by atoms with Crippen LogP contribution in [0, 0.1) is 19.8 Å². The Morgan fingerprint density at radius 3 is 2.77 bits per heavy atom. The van der Waals surface area contributed by atoms with E-state index < -0.39 is 0 Å². The summed E-state index contributed by atoms with van der Waals surface area (Å²) in [5.74, 6) is 1.28. The summed E-state index contributed by atoms with van der Waals surface area (Å²) in [7, 11) is 0. The summed E-state index contributed by atoms with van der Waals surface area (Å²) >= 11 is 2.95. The van der Waals surface area contributed by atoms with E-state index in [2.05, 4.69) is 37.2 Å². The maximum Gasteiger partial charge on any atom is 0.253 e. The number of hydrogen-bond acceptors (Lipinski definition) is 8. The fourth-order valence-electron chi connectivity index (χ4n) is 3.74.